The molecule has 3 nitrogen and oxygen atoms in total. The first-order chi connectivity index (χ1) is 4.54. The molecule has 0 aliphatic carbocycles. The van der Waals surface area contributed by atoms with E-state index in [9.17, 15) is 4.79 Å². The maximum atomic E-state index is 10.9. The summed E-state index contributed by atoms with van der Waals surface area (Å²) in [4.78, 5) is 13.3. The number of halogens is 1. The zero-order valence-electron chi connectivity index (χ0n) is 6.40. The van der Waals surface area contributed by atoms with E-state index in [1.807, 2.05) is 0 Å². The molecule has 0 aromatic rings. The molecule has 0 rings (SSSR count). The lowest BCUT2D eigenvalue weighted by molar-refractivity contribution is -0.148. The number of esters is 1. The second-order valence-electron chi connectivity index (χ2n) is 2.44. The van der Waals surface area contributed by atoms with Crippen molar-refractivity contribution in [1.29, 1.82) is 0 Å². The summed E-state index contributed by atoms with van der Waals surface area (Å²) in [5, 5.41) is 0. The van der Waals surface area contributed by atoms with Gasteiger partial charge in [0.05, 0.1) is 6.61 Å². The number of carbonyl (C=O) groups excluding carboxylic acids is 1. The Morgan fingerprint density at radius 3 is 2.50 bits per heavy atom. The average Bonchev–Trinajstić information content (AvgIpc) is 1.89. The number of ether oxygens (including phenoxy) is 1. The van der Waals surface area contributed by atoms with Gasteiger partial charge in [-0.25, -0.2) is 4.84 Å². The minimum atomic E-state index is -0.794. The molecule has 0 unspecified atom stereocenters. The van der Waals surface area contributed by atoms with Gasteiger partial charge >= 0.3 is 5.97 Å². The zero-order valence-corrected chi connectivity index (χ0v) is 7.16. The quantitative estimate of drug-likeness (QED) is 0.502. The first-order valence-corrected chi connectivity index (χ1v) is 3.47. The Balaban J connectivity index is 3.91. The number of carbonyl (C=O) groups is 1. The van der Waals surface area contributed by atoms with Crippen LogP contribution in [0.5, 0.6) is 0 Å². The van der Waals surface area contributed by atoms with Gasteiger partial charge in [0.25, 0.3) is 0 Å². The van der Waals surface area contributed by atoms with Gasteiger partial charge in [-0.3, -0.25) is 4.79 Å². The second-order valence-corrected chi connectivity index (χ2v) is 2.63. The number of rotatable bonds is 3. The van der Waals surface area contributed by atoms with Crippen LogP contribution in [0.2, 0.25) is 0 Å². The van der Waals surface area contributed by atoms with Crippen molar-refractivity contribution < 1.29 is 9.53 Å². The van der Waals surface area contributed by atoms with Crippen molar-refractivity contribution in [3.63, 3.8) is 0 Å². The van der Waals surface area contributed by atoms with Crippen LogP contribution in [0, 0.1) is 0 Å². The van der Waals surface area contributed by atoms with Crippen LogP contribution < -0.4 is 4.84 Å². The molecule has 0 aliphatic heterocycles. The van der Waals surface area contributed by atoms with Crippen LogP contribution in [0.3, 0.4) is 0 Å². The Morgan fingerprint density at radius 1 is 1.70 bits per heavy atom. The Morgan fingerprint density at radius 2 is 2.20 bits per heavy atom. The van der Waals surface area contributed by atoms with Gasteiger partial charge in [0.1, 0.15) is 5.54 Å². The minimum Gasteiger partial charge on any atom is -0.465 e. The van der Waals surface area contributed by atoms with Crippen LogP contribution in [-0.2, 0) is 9.53 Å². The fourth-order valence-corrected chi connectivity index (χ4v) is 0.427. The van der Waals surface area contributed by atoms with Crippen molar-refractivity contribution in [3.8, 4) is 0 Å². The van der Waals surface area contributed by atoms with E-state index in [-0.39, 0.29) is 5.97 Å². The van der Waals surface area contributed by atoms with E-state index in [0.717, 1.165) is 0 Å². The van der Waals surface area contributed by atoms with Crippen LogP contribution >= 0.6 is 11.8 Å². The molecular weight excluding hydrogens is 154 g/mol. The molecule has 0 aromatic heterocycles. The summed E-state index contributed by atoms with van der Waals surface area (Å²) >= 11 is 5.27. The topological polar surface area (TPSA) is 38.3 Å². The van der Waals surface area contributed by atoms with E-state index < -0.39 is 5.54 Å². The number of nitrogens with one attached hydrogen (secondary N) is 1. The van der Waals surface area contributed by atoms with Crippen LogP contribution in [0.15, 0.2) is 0 Å². The van der Waals surface area contributed by atoms with E-state index in [1.165, 1.54) is 0 Å². The van der Waals surface area contributed by atoms with Crippen molar-refractivity contribution in [3.05, 3.63) is 0 Å². The Labute approximate surface area is 65.8 Å². The monoisotopic (exact) mass is 165 g/mol. The van der Waals surface area contributed by atoms with Crippen molar-refractivity contribution in [2.45, 2.75) is 26.3 Å². The molecule has 0 radical (unpaired) electrons. The molecule has 0 spiro atoms. The summed E-state index contributed by atoms with van der Waals surface area (Å²) in [6.45, 7) is 5.43. The lowest BCUT2D eigenvalue weighted by Crippen LogP contribution is -2.42. The fraction of sp³-hybridized carbons (Fsp3) is 0.833. The van der Waals surface area contributed by atoms with Gasteiger partial charge in [0, 0.05) is 0 Å². The smallest absolute Gasteiger partial charge is 0.326 e. The molecule has 0 atom stereocenters. The normalized spacial score (nSPS) is 11.2. The van der Waals surface area contributed by atoms with Crippen LogP contribution in [0.4, 0.5) is 0 Å². The highest BCUT2D eigenvalue weighted by Gasteiger charge is 2.27. The second kappa shape index (κ2) is 3.78. The van der Waals surface area contributed by atoms with E-state index in [0.29, 0.717) is 6.61 Å². The molecule has 0 amide bonds. The van der Waals surface area contributed by atoms with Gasteiger partial charge in [-0.05, 0) is 32.5 Å². The standard InChI is InChI=1S/C6H12ClNO2/c1-4-10-5(9)6(2,3)8-7/h8H,4H2,1-3H3. The van der Waals surface area contributed by atoms with E-state index in [1.54, 1.807) is 20.8 Å². The molecular formula is C6H12ClNO2. The predicted octanol–water partition coefficient (Wildman–Crippen LogP) is 1.07. The molecule has 0 bridgehead atoms. The maximum absolute atomic E-state index is 10.9. The van der Waals surface area contributed by atoms with Gasteiger partial charge in [0.2, 0.25) is 0 Å². The zero-order chi connectivity index (χ0) is 8.20. The Kier molecular flexibility index (Phi) is 3.68. The minimum absolute atomic E-state index is 0.343. The SMILES string of the molecule is CCOC(=O)C(C)(C)NCl. The fourth-order valence-electron chi connectivity index (χ4n) is 0.350. The third-order valence-electron chi connectivity index (χ3n) is 1.02. The maximum Gasteiger partial charge on any atom is 0.326 e. The van der Waals surface area contributed by atoms with E-state index in [2.05, 4.69) is 4.84 Å². The lowest BCUT2D eigenvalue weighted by Gasteiger charge is -2.18. The van der Waals surface area contributed by atoms with Gasteiger partial charge < -0.3 is 4.74 Å². The molecule has 0 aromatic carbocycles. The highest BCUT2D eigenvalue weighted by atomic mass is 35.5. The van der Waals surface area contributed by atoms with E-state index in [4.69, 9.17) is 16.5 Å². The molecule has 0 saturated carbocycles. The summed E-state index contributed by atoms with van der Waals surface area (Å²) in [6.07, 6.45) is 0. The summed E-state index contributed by atoms with van der Waals surface area (Å²) in [7, 11) is 0. The van der Waals surface area contributed by atoms with Crippen molar-refractivity contribution in [1.82, 2.24) is 4.84 Å². The molecule has 10 heavy (non-hydrogen) atoms. The summed E-state index contributed by atoms with van der Waals surface area (Å²) in [5.74, 6) is -0.343. The summed E-state index contributed by atoms with van der Waals surface area (Å²) in [5.41, 5.74) is -0.794. The number of hydrogen-bond acceptors (Lipinski definition) is 3. The van der Waals surface area contributed by atoms with Gasteiger partial charge in [-0.15, -0.1) is 0 Å². The van der Waals surface area contributed by atoms with E-state index >= 15 is 0 Å². The summed E-state index contributed by atoms with van der Waals surface area (Å²) < 4.78 is 4.71. The van der Waals surface area contributed by atoms with Crippen LogP contribution in [0.1, 0.15) is 20.8 Å². The molecule has 1 N–H and O–H groups in total. The molecule has 0 heterocycles. The number of hydrogen-bond donors (Lipinski definition) is 1. The first-order valence-electron chi connectivity index (χ1n) is 3.09. The van der Waals surface area contributed by atoms with Gasteiger partial charge in [-0.2, -0.15) is 0 Å². The molecule has 4 heteroatoms. The molecule has 0 saturated heterocycles. The van der Waals surface area contributed by atoms with Crippen molar-refractivity contribution >= 4 is 17.7 Å². The molecule has 0 aliphatic rings. The average molecular weight is 166 g/mol. The Bertz CT molecular complexity index is 125. The first kappa shape index (κ1) is 9.72. The third-order valence-corrected chi connectivity index (χ3v) is 1.49. The highest BCUT2D eigenvalue weighted by molar-refractivity contribution is 6.15. The largest absolute Gasteiger partial charge is 0.465 e. The highest BCUT2D eigenvalue weighted by Crippen LogP contribution is 2.05. The molecule has 60 valence electrons. The lowest BCUT2D eigenvalue weighted by atomic mass is 10.1. The van der Waals surface area contributed by atoms with Crippen molar-refractivity contribution in [2.75, 3.05) is 6.61 Å². The predicted molar refractivity (Wildman–Crippen MR) is 39.7 cm³/mol. The molecule has 0 fully saturated rings. The summed E-state index contributed by atoms with van der Waals surface area (Å²) in [6, 6.07) is 0. The van der Waals surface area contributed by atoms with Crippen LogP contribution in [-0.4, -0.2) is 18.1 Å². The van der Waals surface area contributed by atoms with Gasteiger partial charge in [-0.1, -0.05) is 0 Å². The van der Waals surface area contributed by atoms with Gasteiger partial charge in [0.15, 0.2) is 0 Å². The third kappa shape index (κ3) is 2.54. The Hall–Kier alpha value is -0.280. The van der Waals surface area contributed by atoms with Crippen molar-refractivity contribution in [2.24, 2.45) is 0 Å². The van der Waals surface area contributed by atoms with Crippen LogP contribution in [0.25, 0.3) is 0 Å².